The Balaban J connectivity index is 2.74. The summed E-state index contributed by atoms with van der Waals surface area (Å²) >= 11 is 11.7. The lowest BCUT2D eigenvalue weighted by Gasteiger charge is -2.08. The van der Waals surface area contributed by atoms with Gasteiger partial charge in [-0.1, -0.05) is 35.3 Å². The summed E-state index contributed by atoms with van der Waals surface area (Å²) in [5.41, 5.74) is -0.0476. The minimum absolute atomic E-state index is 0.0749. The molecule has 0 fully saturated rings. The van der Waals surface area contributed by atoms with Crippen molar-refractivity contribution in [1.29, 1.82) is 0 Å². The first kappa shape index (κ1) is 11.9. The summed E-state index contributed by atoms with van der Waals surface area (Å²) in [7, 11) is 0. The van der Waals surface area contributed by atoms with E-state index < -0.39 is 5.56 Å². The molecule has 0 radical (unpaired) electrons. The summed E-state index contributed by atoms with van der Waals surface area (Å²) in [6, 6.07) is 8.34. The van der Waals surface area contributed by atoms with Gasteiger partial charge in [-0.05, 0) is 18.2 Å². The van der Waals surface area contributed by atoms with E-state index in [9.17, 15) is 9.59 Å². The van der Waals surface area contributed by atoms with Crippen LogP contribution in [0.3, 0.4) is 0 Å². The molecule has 0 amide bonds. The molecule has 0 aliphatic heterocycles. The van der Waals surface area contributed by atoms with Gasteiger partial charge in [-0.15, -0.1) is 0 Å². The summed E-state index contributed by atoms with van der Waals surface area (Å²) in [4.78, 5) is 22.7. The Kier molecular flexibility index (Phi) is 3.31. The third-order valence-corrected chi connectivity index (χ3v) is 2.96. The van der Waals surface area contributed by atoms with Crippen molar-refractivity contribution in [2.75, 3.05) is 0 Å². The highest BCUT2D eigenvalue weighted by Gasteiger charge is 2.10. The first-order valence-corrected chi connectivity index (χ1v) is 5.52. The van der Waals surface area contributed by atoms with Gasteiger partial charge in [0, 0.05) is 6.20 Å². The Morgan fingerprint density at radius 2 is 1.76 bits per heavy atom. The number of para-hydroxylation sites is 1. The molecule has 0 N–H and O–H groups in total. The number of aldehydes is 1. The van der Waals surface area contributed by atoms with Crippen LogP contribution in [0.4, 0.5) is 0 Å². The fourth-order valence-corrected chi connectivity index (χ4v) is 1.88. The lowest BCUT2D eigenvalue weighted by Crippen LogP contribution is -2.22. The number of rotatable bonds is 2. The van der Waals surface area contributed by atoms with Crippen LogP contribution in [-0.4, -0.2) is 10.9 Å². The predicted octanol–water partition coefficient (Wildman–Crippen LogP) is 2.96. The van der Waals surface area contributed by atoms with Gasteiger partial charge in [0.25, 0.3) is 5.56 Å². The number of benzene rings is 1. The second-order valence-corrected chi connectivity index (χ2v) is 4.14. The number of hydrogen-bond donors (Lipinski definition) is 0. The second kappa shape index (κ2) is 4.73. The Bertz CT molecular complexity index is 635. The molecule has 86 valence electrons. The minimum Gasteiger partial charge on any atom is -0.298 e. The van der Waals surface area contributed by atoms with Gasteiger partial charge in [0.05, 0.1) is 21.3 Å². The van der Waals surface area contributed by atoms with Gasteiger partial charge in [0.2, 0.25) is 0 Å². The highest BCUT2D eigenvalue weighted by molar-refractivity contribution is 6.33. The summed E-state index contributed by atoms with van der Waals surface area (Å²) < 4.78 is 1.29. The van der Waals surface area contributed by atoms with Crippen molar-refractivity contribution in [3.63, 3.8) is 0 Å². The zero-order chi connectivity index (χ0) is 12.4. The Morgan fingerprint density at radius 1 is 1.06 bits per heavy atom. The normalized spacial score (nSPS) is 10.2. The second-order valence-electron chi connectivity index (χ2n) is 3.32. The minimum atomic E-state index is -0.486. The maximum absolute atomic E-state index is 12.0. The van der Waals surface area contributed by atoms with Gasteiger partial charge in [-0.3, -0.25) is 14.2 Å². The largest absolute Gasteiger partial charge is 0.298 e. The number of hydrogen-bond acceptors (Lipinski definition) is 2. The molecule has 0 aliphatic carbocycles. The van der Waals surface area contributed by atoms with E-state index in [-0.39, 0.29) is 10.6 Å². The Hall–Kier alpha value is -1.58. The van der Waals surface area contributed by atoms with Crippen molar-refractivity contribution in [2.24, 2.45) is 0 Å². The fraction of sp³-hybridized carbons (Fsp3) is 0. The van der Waals surface area contributed by atoms with Gasteiger partial charge < -0.3 is 0 Å². The molecule has 2 rings (SSSR count). The molecule has 0 aliphatic rings. The van der Waals surface area contributed by atoms with Crippen molar-refractivity contribution in [3.8, 4) is 5.69 Å². The molecule has 0 atom stereocenters. The van der Waals surface area contributed by atoms with Crippen LogP contribution < -0.4 is 5.56 Å². The molecule has 2 aromatic rings. The summed E-state index contributed by atoms with van der Waals surface area (Å²) in [5.74, 6) is 0. The average molecular weight is 268 g/mol. The van der Waals surface area contributed by atoms with E-state index in [1.54, 1.807) is 24.3 Å². The van der Waals surface area contributed by atoms with Crippen LogP contribution in [0.1, 0.15) is 10.4 Å². The van der Waals surface area contributed by atoms with Crippen molar-refractivity contribution in [3.05, 3.63) is 62.5 Å². The average Bonchev–Trinajstić information content (AvgIpc) is 2.31. The van der Waals surface area contributed by atoms with Crippen LogP contribution in [-0.2, 0) is 0 Å². The van der Waals surface area contributed by atoms with E-state index in [2.05, 4.69) is 0 Å². The molecule has 1 aromatic carbocycles. The maximum Gasteiger partial charge on any atom is 0.267 e. The molecule has 0 bridgehead atoms. The molecule has 0 unspecified atom stereocenters. The molecule has 0 spiro atoms. The zero-order valence-electron chi connectivity index (χ0n) is 8.56. The first-order valence-electron chi connectivity index (χ1n) is 4.76. The highest BCUT2D eigenvalue weighted by atomic mass is 35.5. The molecule has 0 saturated heterocycles. The molecular formula is C12H7Cl2NO2. The molecule has 1 heterocycles. The lowest BCUT2D eigenvalue weighted by molar-refractivity contribution is 0.112. The van der Waals surface area contributed by atoms with Crippen LogP contribution >= 0.6 is 23.2 Å². The van der Waals surface area contributed by atoms with Crippen LogP contribution in [0, 0.1) is 0 Å². The molecule has 5 heteroatoms. The van der Waals surface area contributed by atoms with Crippen LogP contribution in [0.2, 0.25) is 10.0 Å². The van der Waals surface area contributed by atoms with Crippen LogP contribution in [0.25, 0.3) is 5.69 Å². The quantitative estimate of drug-likeness (QED) is 0.785. The number of halogens is 2. The van der Waals surface area contributed by atoms with E-state index in [0.717, 1.165) is 0 Å². The summed E-state index contributed by atoms with van der Waals surface area (Å²) in [6.45, 7) is 0. The van der Waals surface area contributed by atoms with Gasteiger partial charge in [0.15, 0.2) is 6.29 Å². The van der Waals surface area contributed by atoms with E-state index in [4.69, 9.17) is 23.2 Å². The van der Waals surface area contributed by atoms with E-state index in [0.29, 0.717) is 17.0 Å². The first-order chi connectivity index (χ1) is 8.15. The molecule has 3 nitrogen and oxygen atoms in total. The standard InChI is InChI=1S/C12H7Cl2NO2/c13-9-5-6-15(12(17)8(9)7-16)11-4-2-1-3-10(11)14/h1-7H. The van der Waals surface area contributed by atoms with Crippen molar-refractivity contribution < 1.29 is 4.79 Å². The Labute approximate surface area is 107 Å². The monoisotopic (exact) mass is 267 g/mol. The third-order valence-electron chi connectivity index (χ3n) is 2.31. The number of pyridine rings is 1. The topological polar surface area (TPSA) is 39.1 Å². The number of carbonyl (C=O) groups excluding carboxylic acids is 1. The SMILES string of the molecule is O=Cc1c(Cl)ccn(-c2ccccc2Cl)c1=O. The fourth-order valence-electron chi connectivity index (χ4n) is 1.47. The van der Waals surface area contributed by atoms with Crippen LogP contribution in [0.15, 0.2) is 41.3 Å². The number of aromatic nitrogens is 1. The molecular weight excluding hydrogens is 261 g/mol. The Morgan fingerprint density at radius 3 is 2.41 bits per heavy atom. The summed E-state index contributed by atoms with van der Waals surface area (Å²) in [5, 5.41) is 0.557. The van der Waals surface area contributed by atoms with E-state index >= 15 is 0 Å². The van der Waals surface area contributed by atoms with Crippen LogP contribution in [0.5, 0.6) is 0 Å². The van der Waals surface area contributed by atoms with E-state index in [1.807, 2.05) is 0 Å². The van der Waals surface area contributed by atoms with Crippen molar-refractivity contribution >= 4 is 29.5 Å². The van der Waals surface area contributed by atoms with Gasteiger partial charge in [-0.25, -0.2) is 0 Å². The third kappa shape index (κ3) is 2.12. The number of nitrogens with zero attached hydrogens (tertiary/aromatic N) is 1. The number of carbonyl (C=O) groups is 1. The highest BCUT2D eigenvalue weighted by Crippen LogP contribution is 2.19. The van der Waals surface area contributed by atoms with Crippen molar-refractivity contribution in [2.45, 2.75) is 0 Å². The molecule has 17 heavy (non-hydrogen) atoms. The lowest BCUT2D eigenvalue weighted by atomic mass is 10.2. The predicted molar refractivity (Wildman–Crippen MR) is 67.4 cm³/mol. The zero-order valence-corrected chi connectivity index (χ0v) is 10.1. The van der Waals surface area contributed by atoms with E-state index in [1.165, 1.54) is 16.8 Å². The van der Waals surface area contributed by atoms with Gasteiger partial charge in [-0.2, -0.15) is 0 Å². The van der Waals surface area contributed by atoms with Gasteiger partial charge >= 0.3 is 0 Å². The smallest absolute Gasteiger partial charge is 0.267 e. The maximum atomic E-state index is 12.0. The van der Waals surface area contributed by atoms with Gasteiger partial charge in [0.1, 0.15) is 0 Å². The molecule has 1 aromatic heterocycles. The van der Waals surface area contributed by atoms with Crippen molar-refractivity contribution in [1.82, 2.24) is 4.57 Å². The molecule has 0 saturated carbocycles. The summed E-state index contributed by atoms with van der Waals surface area (Å²) in [6.07, 6.45) is 1.93.